The summed E-state index contributed by atoms with van der Waals surface area (Å²) < 4.78 is 79.8. The van der Waals surface area contributed by atoms with E-state index in [0.29, 0.717) is 42.5 Å². The Morgan fingerprint density at radius 3 is 1.28 bits per heavy atom. The lowest BCUT2D eigenvalue weighted by atomic mass is 9.70. The molecule has 702 valence electrons. The summed E-state index contributed by atoms with van der Waals surface area (Å²) in [7, 11) is 0. The van der Waals surface area contributed by atoms with Gasteiger partial charge in [0.2, 0.25) is 70.8 Å². The SMILES string of the molecule is O=C1O[C@H]2[C@@H]3OC(=O)c4cc(c(O)c(O)c4O)-c4c(cc(Oc5c(C(=O)O[C@H]6[C@H](OC(=O)c7cc(O)c(O)c(O)c7)OC7COC(=O)c8cc(O)c(O)c(O)c8-c8c(cc(O)c(O)c8O)C(=O)O[C@H]6C7OC(=O)c6cc(O)c(O)c(O)c6)cc(O)c(O)c5O)c(O)c4O)C(=O)OC[C@H]2O[C@@H](OC(=O)c2cc(O)c(O)c(O)c2)[C@@H]3OC(=O)c2cc(O)c(O)c3c2[C@@H]2C1=CC(=O)[C@@](O)(O3)C2(O)O. The van der Waals surface area contributed by atoms with Crippen LogP contribution in [-0.4, -0.2) is 295 Å². The van der Waals surface area contributed by atoms with E-state index < -0.39 is 402 Å². The van der Waals surface area contributed by atoms with Crippen LogP contribution in [0.25, 0.3) is 22.3 Å². The molecule has 53 nitrogen and oxygen atoms in total. The minimum absolute atomic E-state index is 0.0443. The highest BCUT2D eigenvalue weighted by molar-refractivity contribution is 6.11. The molecular formula is C82H56O53. The number of ether oxygens (including phenoxy) is 14. The van der Waals surface area contributed by atoms with E-state index in [1.807, 2.05) is 0 Å². The molecule has 9 aromatic carbocycles. The molecule has 6 aliphatic heterocycles. The number of hydrogen-bond acceptors (Lipinski definition) is 53. The number of carbonyl (C=O) groups is 11. The molecule has 7 aliphatic rings. The van der Waals surface area contributed by atoms with Crippen molar-refractivity contribution in [3.63, 3.8) is 0 Å². The van der Waals surface area contributed by atoms with Crippen LogP contribution in [0.4, 0.5) is 0 Å². The third kappa shape index (κ3) is 14.4. The van der Waals surface area contributed by atoms with E-state index in [1.165, 1.54) is 0 Å². The summed E-state index contributed by atoms with van der Waals surface area (Å²) in [6.07, 6.45) is -28.8. The van der Waals surface area contributed by atoms with Crippen LogP contribution < -0.4 is 9.47 Å². The van der Waals surface area contributed by atoms with Gasteiger partial charge in [-0.05, 0) is 66.7 Å². The Bertz CT molecular complexity index is 6790. The fourth-order valence-corrected chi connectivity index (χ4v) is 15.3. The first-order valence-corrected chi connectivity index (χ1v) is 37.6. The molecule has 28 N–H and O–H groups in total. The molecule has 0 aromatic heterocycles. The van der Waals surface area contributed by atoms with Gasteiger partial charge in [0.15, 0.2) is 145 Å². The molecule has 12 atom stereocenters. The Labute approximate surface area is 740 Å². The fraction of sp³-hybridized carbons (Fsp3) is 0.183. The van der Waals surface area contributed by atoms with Crippen molar-refractivity contribution in [3.8, 4) is 183 Å². The van der Waals surface area contributed by atoms with Gasteiger partial charge in [-0.25, -0.2) is 47.9 Å². The summed E-state index contributed by atoms with van der Waals surface area (Å²) >= 11 is 0. The molecule has 16 rings (SSSR count). The summed E-state index contributed by atoms with van der Waals surface area (Å²) in [4.78, 5) is 164. The Morgan fingerprint density at radius 2 is 0.733 bits per heavy atom. The van der Waals surface area contributed by atoms with E-state index in [1.54, 1.807) is 0 Å². The van der Waals surface area contributed by atoms with E-state index in [4.69, 9.17) is 66.3 Å². The molecule has 10 bridgehead atoms. The normalized spacial score (nSPS) is 22.5. The molecule has 2 unspecified atom stereocenters. The molecule has 135 heavy (non-hydrogen) atoms. The number of rotatable bonds is 10. The first-order chi connectivity index (χ1) is 63.4. The van der Waals surface area contributed by atoms with Gasteiger partial charge in [0.05, 0.1) is 50.4 Å². The van der Waals surface area contributed by atoms with E-state index in [2.05, 4.69) is 0 Å². The zero-order chi connectivity index (χ0) is 98.0. The Hall–Kier alpha value is -18.5. The lowest BCUT2D eigenvalue weighted by Gasteiger charge is -2.49. The number of aromatic hydroxyl groups is 25. The van der Waals surface area contributed by atoms with E-state index in [-0.39, 0.29) is 36.4 Å². The smallest absolute Gasteiger partial charge is 0.342 e. The van der Waals surface area contributed by atoms with Gasteiger partial charge in [0, 0.05) is 39.9 Å². The van der Waals surface area contributed by atoms with Gasteiger partial charge in [-0.15, -0.1) is 0 Å². The molecule has 0 amide bonds. The number of fused-ring (bicyclic) bond motifs is 10. The number of esters is 10. The Kier molecular flexibility index (Phi) is 21.3. The van der Waals surface area contributed by atoms with Gasteiger partial charge in [0.25, 0.3) is 5.79 Å². The molecule has 6 heterocycles. The van der Waals surface area contributed by atoms with Crippen LogP contribution in [0.3, 0.4) is 0 Å². The number of hydrogen-bond donors (Lipinski definition) is 28. The van der Waals surface area contributed by atoms with Gasteiger partial charge in [-0.1, -0.05) is 0 Å². The summed E-state index contributed by atoms with van der Waals surface area (Å²) in [5, 5.41) is 312. The largest absolute Gasteiger partial charge is 0.504 e. The number of phenols is 25. The number of carbonyl (C=O) groups excluding carboxylic acids is 11. The minimum atomic E-state index is -4.22. The summed E-state index contributed by atoms with van der Waals surface area (Å²) in [6.45, 7) is -3.33. The monoisotopic (exact) mass is 1890 g/mol. The summed E-state index contributed by atoms with van der Waals surface area (Å²) in [5.41, 5.74) is -19.8. The molecule has 2 fully saturated rings. The molecular weight excluding hydrogens is 1830 g/mol. The van der Waals surface area contributed by atoms with Crippen LogP contribution in [0, 0.1) is 0 Å². The van der Waals surface area contributed by atoms with Gasteiger partial charge >= 0.3 is 65.5 Å². The number of benzene rings is 9. The van der Waals surface area contributed by atoms with Gasteiger partial charge < -0.3 is 209 Å². The standard InChI is InChI=1S/C82H56O53/c83-27-1-16(2-28(84)48(27)96)69(109)127-62-38-14-122-72(112)20-8-33(89)51(99)57(105)42(20)43-21(9-34(90)52(100)58(43)106)74(114)129-65(62)68(80(125-38)134-71(111)18-5-31(87)50(98)32(88)6-18)132-78(118)26-11-35(91)53(101)60(108)61(26)124-37-12-23-41(56(104)55(37)103)19-7-25(47(95)59(107)46(19)94)77(117)130-66-63-39(15-123-73(23)113)126-79(133-70(110)17-3-29(85)49(97)30(86)4-17)67(66)131-75(115)22-10-36(92)54(102)64-44(22)45-24(76(116)128-63)13-40(93)82(121,135-64)81(45,119)120/h1-13,38-39,45,62-63,65-68,79-80,83-92,94-108,119-121H,14-15H2/t38?,39-,45+,62?,63-,65+,66+,67-,68-,79+,80+,82-/m1/s1. The van der Waals surface area contributed by atoms with Crippen LogP contribution in [0.1, 0.15) is 105 Å². The highest BCUT2D eigenvalue weighted by Crippen LogP contribution is 2.61. The maximum Gasteiger partial charge on any atom is 0.342 e. The van der Waals surface area contributed by atoms with Gasteiger partial charge in [-0.3, -0.25) is 4.79 Å². The van der Waals surface area contributed by atoms with Crippen molar-refractivity contribution in [2.45, 2.75) is 78.9 Å². The first-order valence-electron chi connectivity index (χ1n) is 37.6. The highest BCUT2D eigenvalue weighted by atomic mass is 16.8. The van der Waals surface area contributed by atoms with Crippen LogP contribution in [0.15, 0.2) is 84.4 Å². The lowest BCUT2D eigenvalue weighted by molar-refractivity contribution is -0.339. The highest BCUT2D eigenvalue weighted by Gasteiger charge is 2.71. The second kappa shape index (κ2) is 32.0. The Balaban J connectivity index is 0.841. The first kappa shape index (κ1) is 89.9. The molecule has 0 saturated carbocycles. The predicted molar refractivity (Wildman–Crippen MR) is 411 cm³/mol. The topological polar surface area (TPSA) is 883 Å². The van der Waals surface area contributed by atoms with Crippen molar-refractivity contribution < 1.29 is 262 Å². The van der Waals surface area contributed by atoms with Crippen molar-refractivity contribution in [3.05, 3.63) is 140 Å². The second-order valence-electron chi connectivity index (χ2n) is 29.9. The number of phenolic OH excluding ortho intramolecular Hbond substituents is 25. The van der Waals surface area contributed by atoms with E-state index >= 15 is 28.8 Å². The van der Waals surface area contributed by atoms with Crippen molar-refractivity contribution in [1.82, 2.24) is 0 Å². The molecule has 9 aromatic rings. The second-order valence-corrected chi connectivity index (χ2v) is 29.9. The van der Waals surface area contributed by atoms with Crippen LogP contribution in [0.5, 0.6) is 161 Å². The molecule has 2 saturated heterocycles. The number of aliphatic hydroxyl groups is 3. The number of ketones is 1. The minimum Gasteiger partial charge on any atom is -0.504 e. The Morgan fingerprint density at radius 1 is 0.326 bits per heavy atom. The van der Waals surface area contributed by atoms with Crippen molar-refractivity contribution in [1.29, 1.82) is 0 Å². The average molecular weight is 1890 g/mol. The zero-order valence-electron chi connectivity index (χ0n) is 66.0. The molecule has 1 aliphatic carbocycles. The predicted octanol–water partition coefficient (Wildman–Crippen LogP) is 0.965. The lowest BCUT2D eigenvalue weighted by Crippen LogP contribution is -2.70. The molecule has 0 spiro atoms. The quantitative estimate of drug-likeness (QED) is 0.0392. The van der Waals surface area contributed by atoms with Gasteiger partial charge in [-0.2, -0.15) is 0 Å². The van der Waals surface area contributed by atoms with E-state index in [9.17, 15) is 167 Å². The van der Waals surface area contributed by atoms with Crippen molar-refractivity contribution >= 4 is 65.5 Å². The van der Waals surface area contributed by atoms with Gasteiger partial charge in [0.1, 0.15) is 36.5 Å². The van der Waals surface area contributed by atoms with Crippen LogP contribution in [-0.2, 0) is 66.4 Å². The fourth-order valence-electron chi connectivity index (χ4n) is 15.3. The zero-order valence-corrected chi connectivity index (χ0v) is 66.0. The van der Waals surface area contributed by atoms with Crippen molar-refractivity contribution in [2.75, 3.05) is 13.2 Å². The van der Waals surface area contributed by atoms with Crippen molar-refractivity contribution in [2.24, 2.45) is 0 Å². The maximum absolute atomic E-state index is 15.7. The summed E-state index contributed by atoms with van der Waals surface area (Å²) in [6, 6.07) is 3.52. The van der Waals surface area contributed by atoms with E-state index in [0.717, 1.165) is 0 Å². The number of cyclic esters (lactones) is 2. The molecule has 53 heteroatoms. The molecule has 0 radical (unpaired) electrons. The summed E-state index contributed by atoms with van der Waals surface area (Å²) in [5.74, 6) is -77.1. The third-order valence-electron chi connectivity index (χ3n) is 21.9. The maximum atomic E-state index is 15.7. The van der Waals surface area contributed by atoms with Crippen LogP contribution in [0.2, 0.25) is 0 Å². The third-order valence-corrected chi connectivity index (χ3v) is 21.9. The van der Waals surface area contributed by atoms with Crippen LogP contribution >= 0.6 is 0 Å². The average Bonchev–Trinajstić information content (AvgIpc) is 1.36.